The first-order chi connectivity index (χ1) is 10.3. The van der Waals surface area contributed by atoms with Crippen molar-refractivity contribution in [3.63, 3.8) is 0 Å². The first-order valence-corrected chi connectivity index (χ1v) is 7.15. The van der Waals surface area contributed by atoms with Crippen LogP contribution in [0.2, 0.25) is 0 Å². The summed E-state index contributed by atoms with van der Waals surface area (Å²) in [7, 11) is 1.60. The van der Waals surface area contributed by atoms with E-state index in [1.807, 2.05) is 47.4 Å². The van der Waals surface area contributed by atoms with Crippen LogP contribution in [0.25, 0.3) is 0 Å². The third kappa shape index (κ3) is 2.75. The van der Waals surface area contributed by atoms with E-state index in [1.54, 1.807) is 13.3 Å². The van der Waals surface area contributed by atoms with Crippen LogP contribution in [0, 0.1) is 0 Å². The van der Waals surface area contributed by atoms with Gasteiger partial charge in [-0.3, -0.25) is 4.79 Å². The van der Waals surface area contributed by atoms with Crippen molar-refractivity contribution in [3.8, 4) is 5.88 Å². The number of nitrogens with zero attached hydrogens (tertiary/aromatic N) is 2. The number of methoxy groups -OCH3 is 1. The van der Waals surface area contributed by atoms with Crippen molar-refractivity contribution in [2.45, 2.75) is 18.9 Å². The Kier molecular flexibility index (Phi) is 3.86. The first-order valence-electron chi connectivity index (χ1n) is 7.15. The molecule has 108 valence electrons. The lowest BCUT2D eigenvalue weighted by Gasteiger charge is -2.25. The van der Waals surface area contributed by atoms with Gasteiger partial charge in [0.1, 0.15) is 0 Å². The van der Waals surface area contributed by atoms with E-state index in [0.29, 0.717) is 5.88 Å². The average Bonchev–Trinajstić information content (AvgIpc) is 3.04. The van der Waals surface area contributed by atoms with E-state index >= 15 is 0 Å². The molecule has 4 nitrogen and oxygen atoms in total. The van der Waals surface area contributed by atoms with Crippen LogP contribution < -0.4 is 4.74 Å². The minimum absolute atomic E-state index is 0.0916. The summed E-state index contributed by atoms with van der Waals surface area (Å²) in [6, 6.07) is 13.4. The van der Waals surface area contributed by atoms with Gasteiger partial charge in [-0.05, 0) is 30.5 Å². The van der Waals surface area contributed by atoms with E-state index in [0.717, 1.165) is 30.5 Å². The summed E-state index contributed by atoms with van der Waals surface area (Å²) in [4.78, 5) is 18.8. The molecule has 1 atom stereocenters. The van der Waals surface area contributed by atoms with Crippen LogP contribution >= 0.6 is 0 Å². The zero-order valence-electron chi connectivity index (χ0n) is 12.0. The standard InChI is InChI=1S/C17H18N2O2/c1-21-16-10-9-14(12-18-16)15-8-5-11-19(15)17(20)13-6-3-2-4-7-13/h2-4,6-7,9-10,12,15H,5,8,11H2,1H3/t15-/m1/s1. The fraction of sp³-hybridized carbons (Fsp3) is 0.294. The molecule has 1 aromatic heterocycles. The SMILES string of the molecule is COc1ccc([C@H]2CCCN2C(=O)c2ccccc2)cn1. The monoisotopic (exact) mass is 282 g/mol. The lowest BCUT2D eigenvalue weighted by molar-refractivity contribution is 0.0735. The minimum Gasteiger partial charge on any atom is -0.481 e. The second kappa shape index (κ2) is 5.95. The molecule has 2 aromatic rings. The molecule has 1 saturated heterocycles. The van der Waals surface area contributed by atoms with Gasteiger partial charge in [-0.25, -0.2) is 4.98 Å². The number of pyridine rings is 1. The highest BCUT2D eigenvalue weighted by atomic mass is 16.5. The fourth-order valence-electron chi connectivity index (χ4n) is 2.81. The van der Waals surface area contributed by atoms with E-state index in [9.17, 15) is 4.79 Å². The van der Waals surface area contributed by atoms with Gasteiger partial charge in [0.15, 0.2) is 0 Å². The van der Waals surface area contributed by atoms with E-state index in [1.165, 1.54) is 0 Å². The maximum Gasteiger partial charge on any atom is 0.254 e. The molecule has 1 fully saturated rings. The van der Waals surface area contributed by atoms with Crippen LogP contribution in [-0.4, -0.2) is 29.4 Å². The van der Waals surface area contributed by atoms with Crippen LogP contribution in [0.1, 0.15) is 34.8 Å². The second-order valence-electron chi connectivity index (χ2n) is 5.16. The van der Waals surface area contributed by atoms with Crippen LogP contribution in [0.4, 0.5) is 0 Å². The highest BCUT2D eigenvalue weighted by Gasteiger charge is 2.30. The highest BCUT2D eigenvalue weighted by Crippen LogP contribution is 2.33. The normalized spacial score (nSPS) is 17.8. The molecule has 0 aliphatic carbocycles. The molecule has 0 N–H and O–H groups in total. The summed E-state index contributed by atoms with van der Waals surface area (Å²) in [5.74, 6) is 0.687. The molecule has 0 bridgehead atoms. The topological polar surface area (TPSA) is 42.4 Å². The third-order valence-corrected chi connectivity index (χ3v) is 3.89. The summed E-state index contributed by atoms with van der Waals surface area (Å²) >= 11 is 0. The summed E-state index contributed by atoms with van der Waals surface area (Å²) < 4.78 is 5.08. The number of likely N-dealkylation sites (tertiary alicyclic amines) is 1. The number of hydrogen-bond acceptors (Lipinski definition) is 3. The number of amides is 1. The number of aromatic nitrogens is 1. The lowest BCUT2D eigenvalue weighted by atomic mass is 10.1. The minimum atomic E-state index is 0.0916. The zero-order valence-corrected chi connectivity index (χ0v) is 12.0. The number of benzene rings is 1. The Bertz CT molecular complexity index is 610. The number of rotatable bonds is 3. The molecule has 2 heterocycles. The van der Waals surface area contributed by atoms with Gasteiger partial charge in [0.2, 0.25) is 5.88 Å². The predicted octanol–water partition coefficient (Wildman–Crippen LogP) is 3.07. The quantitative estimate of drug-likeness (QED) is 0.869. The number of carbonyl (C=O) groups is 1. The number of hydrogen-bond donors (Lipinski definition) is 0. The number of ether oxygens (including phenoxy) is 1. The molecule has 1 aromatic carbocycles. The van der Waals surface area contributed by atoms with E-state index in [4.69, 9.17) is 4.74 Å². The van der Waals surface area contributed by atoms with Crippen molar-refractivity contribution < 1.29 is 9.53 Å². The van der Waals surface area contributed by atoms with Gasteiger partial charge in [0, 0.05) is 24.4 Å². The molecule has 0 unspecified atom stereocenters. The van der Waals surface area contributed by atoms with E-state index < -0.39 is 0 Å². The highest BCUT2D eigenvalue weighted by molar-refractivity contribution is 5.94. The Balaban J connectivity index is 1.83. The number of carbonyl (C=O) groups excluding carboxylic acids is 1. The van der Waals surface area contributed by atoms with Crippen LogP contribution in [0.3, 0.4) is 0 Å². The summed E-state index contributed by atoms with van der Waals surface area (Å²) in [6.45, 7) is 0.796. The second-order valence-corrected chi connectivity index (χ2v) is 5.16. The molecule has 0 saturated carbocycles. The summed E-state index contributed by atoms with van der Waals surface area (Å²) in [6.07, 6.45) is 3.81. The predicted molar refractivity (Wildman–Crippen MR) is 80.2 cm³/mol. The molecule has 1 aliphatic rings. The summed E-state index contributed by atoms with van der Waals surface area (Å²) in [5.41, 5.74) is 1.81. The van der Waals surface area contributed by atoms with Crippen LogP contribution in [-0.2, 0) is 0 Å². The summed E-state index contributed by atoms with van der Waals surface area (Å²) in [5, 5.41) is 0. The molecular formula is C17H18N2O2. The van der Waals surface area contributed by atoms with Gasteiger partial charge < -0.3 is 9.64 Å². The van der Waals surface area contributed by atoms with Crippen molar-refractivity contribution in [2.75, 3.05) is 13.7 Å². The van der Waals surface area contributed by atoms with Crippen molar-refractivity contribution in [3.05, 3.63) is 59.8 Å². The Morgan fingerprint density at radius 3 is 2.71 bits per heavy atom. The Labute approximate surface area is 124 Å². The first kappa shape index (κ1) is 13.6. The lowest BCUT2D eigenvalue weighted by Crippen LogP contribution is -2.30. The molecule has 4 heteroatoms. The largest absolute Gasteiger partial charge is 0.481 e. The Hall–Kier alpha value is -2.36. The molecule has 3 rings (SSSR count). The van der Waals surface area contributed by atoms with E-state index in [-0.39, 0.29) is 11.9 Å². The van der Waals surface area contributed by atoms with Crippen LogP contribution in [0.15, 0.2) is 48.7 Å². The van der Waals surface area contributed by atoms with Crippen molar-refractivity contribution in [1.82, 2.24) is 9.88 Å². The molecule has 0 spiro atoms. The van der Waals surface area contributed by atoms with Crippen molar-refractivity contribution in [2.24, 2.45) is 0 Å². The fourth-order valence-corrected chi connectivity index (χ4v) is 2.81. The van der Waals surface area contributed by atoms with Crippen molar-refractivity contribution >= 4 is 5.91 Å². The molecule has 1 aliphatic heterocycles. The smallest absolute Gasteiger partial charge is 0.254 e. The van der Waals surface area contributed by atoms with Gasteiger partial charge in [-0.1, -0.05) is 24.3 Å². The van der Waals surface area contributed by atoms with Gasteiger partial charge in [-0.15, -0.1) is 0 Å². The molecule has 21 heavy (non-hydrogen) atoms. The molecule has 1 amide bonds. The third-order valence-electron chi connectivity index (χ3n) is 3.89. The Morgan fingerprint density at radius 2 is 2.05 bits per heavy atom. The maximum atomic E-state index is 12.6. The average molecular weight is 282 g/mol. The zero-order chi connectivity index (χ0) is 14.7. The molecular weight excluding hydrogens is 264 g/mol. The molecule has 0 radical (unpaired) electrons. The Morgan fingerprint density at radius 1 is 1.24 bits per heavy atom. The van der Waals surface area contributed by atoms with E-state index in [2.05, 4.69) is 4.98 Å². The van der Waals surface area contributed by atoms with Gasteiger partial charge in [0.25, 0.3) is 5.91 Å². The van der Waals surface area contributed by atoms with Crippen molar-refractivity contribution in [1.29, 1.82) is 0 Å². The van der Waals surface area contributed by atoms with Gasteiger partial charge in [-0.2, -0.15) is 0 Å². The van der Waals surface area contributed by atoms with Gasteiger partial charge in [0.05, 0.1) is 13.2 Å². The van der Waals surface area contributed by atoms with Gasteiger partial charge >= 0.3 is 0 Å². The van der Waals surface area contributed by atoms with Crippen LogP contribution in [0.5, 0.6) is 5.88 Å². The maximum absolute atomic E-state index is 12.6.